The lowest BCUT2D eigenvalue weighted by Gasteiger charge is -2.27. The first-order valence-corrected chi connectivity index (χ1v) is 11.8. The number of fused-ring (bicyclic) bond motifs is 5. The van der Waals surface area contributed by atoms with Crippen LogP contribution in [-0.4, -0.2) is 11.8 Å². The average molecular weight is 484 g/mol. The molecule has 2 amide bonds. The highest BCUT2D eigenvalue weighted by Gasteiger charge is 2.64. The Kier molecular flexibility index (Phi) is 4.48. The summed E-state index contributed by atoms with van der Waals surface area (Å²) < 4.78 is 0.783. The van der Waals surface area contributed by atoms with Crippen molar-refractivity contribution in [3.05, 3.63) is 100 Å². The zero-order valence-corrected chi connectivity index (χ0v) is 19.2. The number of imide groups is 1. The summed E-state index contributed by atoms with van der Waals surface area (Å²) in [6.07, 6.45) is 0.865. The predicted molar refractivity (Wildman–Crippen MR) is 130 cm³/mol. The molecule has 2 fully saturated rings. The van der Waals surface area contributed by atoms with Crippen molar-refractivity contribution in [2.24, 2.45) is 23.7 Å². The number of aryl methyl sites for hydroxylation is 1. The van der Waals surface area contributed by atoms with Crippen molar-refractivity contribution in [3.8, 4) is 0 Å². The molecule has 1 aliphatic heterocycles. The van der Waals surface area contributed by atoms with Crippen molar-refractivity contribution in [1.29, 1.82) is 0 Å². The fraction of sp³-hybridized carbons (Fsp3) is 0.214. The van der Waals surface area contributed by atoms with Gasteiger partial charge in [-0.1, -0.05) is 66.7 Å². The van der Waals surface area contributed by atoms with Crippen LogP contribution >= 0.6 is 15.9 Å². The van der Waals surface area contributed by atoms with Gasteiger partial charge in [0.2, 0.25) is 11.8 Å². The van der Waals surface area contributed by atoms with Gasteiger partial charge >= 0.3 is 0 Å². The van der Waals surface area contributed by atoms with Crippen molar-refractivity contribution in [2.45, 2.75) is 13.3 Å². The highest BCUT2D eigenvalue weighted by molar-refractivity contribution is 9.10. The topological polar surface area (TPSA) is 37.4 Å². The third-order valence-corrected chi connectivity index (χ3v) is 7.95. The quantitative estimate of drug-likeness (QED) is 0.420. The lowest BCUT2D eigenvalue weighted by Crippen LogP contribution is -2.33. The molecule has 1 saturated carbocycles. The molecule has 0 N–H and O–H groups in total. The first-order valence-electron chi connectivity index (χ1n) is 11.0. The number of allylic oxidation sites excluding steroid dienone is 2. The Hall–Kier alpha value is -2.98. The second-order valence-corrected chi connectivity index (χ2v) is 9.88. The van der Waals surface area contributed by atoms with E-state index in [9.17, 15) is 9.59 Å². The van der Waals surface area contributed by atoms with E-state index in [0.29, 0.717) is 5.69 Å². The molecule has 2 aliphatic carbocycles. The summed E-state index contributed by atoms with van der Waals surface area (Å²) in [7, 11) is 0. The van der Waals surface area contributed by atoms with E-state index >= 15 is 0 Å². The Morgan fingerprint density at radius 2 is 1.25 bits per heavy atom. The number of rotatable bonds is 3. The molecule has 2 bridgehead atoms. The second kappa shape index (κ2) is 7.28. The zero-order chi connectivity index (χ0) is 22.0. The second-order valence-electron chi connectivity index (χ2n) is 9.03. The van der Waals surface area contributed by atoms with Crippen molar-refractivity contribution in [1.82, 2.24) is 0 Å². The van der Waals surface area contributed by atoms with Crippen LogP contribution in [0.3, 0.4) is 0 Å². The van der Waals surface area contributed by atoms with Crippen LogP contribution in [0.5, 0.6) is 0 Å². The lowest BCUT2D eigenvalue weighted by molar-refractivity contribution is -0.123. The monoisotopic (exact) mass is 483 g/mol. The maximum atomic E-state index is 13.7. The van der Waals surface area contributed by atoms with Gasteiger partial charge in [0.1, 0.15) is 0 Å². The molecule has 3 aliphatic rings. The maximum absolute atomic E-state index is 13.7. The van der Waals surface area contributed by atoms with Gasteiger partial charge < -0.3 is 0 Å². The summed E-state index contributed by atoms with van der Waals surface area (Å²) in [4.78, 5) is 28.9. The normalized spacial score (nSPS) is 26.2. The Morgan fingerprint density at radius 3 is 1.72 bits per heavy atom. The Labute approximate surface area is 195 Å². The van der Waals surface area contributed by atoms with E-state index in [1.54, 1.807) is 0 Å². The maximum Gasteiger partial charge on any atom is 0.238 e. The van der Waals surface area contributed by atoms with Crippen LogP contribution in [0.4, 0.5) is 5.69 Å². The van der Waals surface area contributed by atoms with Crippen molar-refractivity contribution in [2.75, 3.05) is 4.90 Å². The molecule has 3 nitrogen and oxygen atoms in total. The van der Waals surface area contributed by atoms with E-state index in [2.05, 4.69) is 40.2 Å². The van der Waals surface area contributed by atoms with Crippen molar-refractivity contribution < 1.29 is 9.59 Å². The van der Waals surface area contributed by atoms with Crippen LogP contribution in [0, 0.1) is 30.6 Å². The average Bonchev–Trinajstić information content (AvgIpc) is 3.45. The summed E-state index contributed by atoms with van der Waals surface area (Å²) in [5.41, 5.74) is 6.55. The van der Waals surface area contributed by atoms with Gasteiger partial charge in [0.25, 0.3) is 0 Å². The van der Waals surface area contributed by atoms with Gasteiger partial charge in [-0.3, -0.25) is 9.59 Å². The summed E-state index contributed by atoms with van der Waals surface area (Å²) >= 11 is 3.58. The van der Waals surface area contributed by atoms with Crippen molar-refractivity contribution >= 4 is 44.6 Å². The van der Waals surface area contributed by atoms with Gasteiger partial charge in [0, 0.05) is 4.47 Å². The Bertz CT molecular complexity index is 1210. The summed E-state index contributed by atoms with van der Waals surface area (Å²) in [6, 6.07) is 26.5. The van der Waals surface area contributed by atoms with Crippen LogP contribution in [-0.2, 0) is 9.59 Å². The van der Waals surface area contributed by atoms with Crippen LogP contribution in [0.2, 0.25) is 0 Å². The van der Waals surface area contributed by atoms with Gasteiger partial charge in [0.05, 0.1) is 17.5 Å². The summed E-state index contributed by atoms with van der Waals surface area (Å²) in [5, 5.41) is 0. The standard InChI is InChI=1S/C28H22BrNO2/c1-16-12-13-22(21(29)14-16)30-27(31)25-19-15-20(26(25)28(30)32)24(18-10-6-3-7-11-18)23(19)17-8-4-2-5-9-17/h2-14,19-20,25-26H,15H2,1H3. The van der Waals surface area contributed by atoms with E-state index in [1.807, 2.05) is 61.5 Å². The van der Waals surface area contributed by atoms with Gasteiger partial charge in [0.15, 0.2) is 0 Å². The highest BCUT2D eigenvalue weighted by atomic mass is 79.9. The first-order chi connectivity index (χ1) is 15.6. The van der Waals surface area contributed by atoms with Crippen LogP contribution in [0.25, 0.3) is 11.1 Å². The van der Waals surface area contributed by atoms with E-state index in [0.717, 1.165) is 27.6 Å². The molecule has 0 aromatic heterocycles. The van der Waals surface area contributed by atoms with Crippen LogP contribution in [0.1, 0.15) is 23.1 Å². The molecule has 3 aromatic carbocycles. The summed E-state index contributed by atoms with van der Waals surface area (Å²) in [5.74, 6) is -0.566. The highest BCUT2D eigenvalue weighted by Crippen LogP contribution is 2.64. The number of benzene rings is 3. The van der Waals surface area contributed by atoms with Gasteiger partial charge in [-0.25, -0.2) is 4.90 Å². The number of anilines is 1. The number of nitrogens with zero attached hydrogens (tertiary/aromatic N) is 1. The first kappa shape index (κ1) is 19.7. The third-order valence-electron chi connectivity index (χ3n) is 7.32. The molecule has 1 heterocycles. The van der Waals surface area contributed by atoms with E-state index in [4.69, 9.17) is 0 Å². The number of hydrogen-bond acceptors (Lipinski definition) is 2. The number of hydrogen-bond donors (Lipinski definition) is 0. The van der Waals surface area contributed by atoms with E-state index in [1.165, 1.54) is 16.0 Å². The predicted octanol–water partition coefficient (Wildman–Crippen LogP) is 6.12. The van der Waals surface area contributed by atoms with Gasteiger partial charge in [-0.05, 0) is 81.1 Å². The Morgan fingerprint density at radius 1 is 0.750 bits per heavy atom. The zero-order valence-electron chi connectivity index (χ0n) is 17.7. The number of carbonyl (C=O) groups excluding carboxylic acids is 2. The lowest BCUT2D eigenvalue weighted by atomic mass is 9.73. The molecule has 0 radical (unpaired) electrons. The molecule has 3 aromatic rings. The fourth-order valence-corrected chi connectivity index (χ4v) is 6.80. The fourth-order valence-electron chi connectivity index (χ4n) is 6.13. The van der Waals surface area contributed by atoms with Crippen LogP contribution < -0.4 is 4.90 Å². The van der Waals surface area contributed by atoms with Gasteiger partial charge in [-0.2, -0.15) is 0 Å². The van der Waals surface area contributed by atoms with E-state index in [-0.39, 0.29) is 35.5 Å². The minimum atomic E-state index is -0.289. The minimum absolute atomic E-state index is 0.0578. The number of amides is 2. The molecular weight excluding hydrogens is 462 g/mol. The SMILES string of the molecule is Cc1ccc(N2C(=O)C3C4CC(C(c5ccccc5)=C4c4ccccc4)C3C2=O)c(Br)c1. The van der Waals surface area contributed by atoms with Crippen LogP contribution in [0.15, 0.2) is 83.3 Å². The molecule has 1 saturated heterocycles. The molecule has 158 valence electrons. The molecule has 4 unspecified atom stereocenters. The molecule has 6 rings (SSSR count). The largest absolute Gasteiger partial charge is 0.274 e. The minimum Gasteiger partial charge on any atom is -0.274 e. The smallest absolute Gasteiger partial charge is 0.238 e. The molecule has 4 heteroatoms. The molecule has 4 atom stereocenters. The molecular formula is C28H22BrNO2. The number of halogens is 1. The number of carbonyl (C=O) groups is 2. The van der Waals surface area contributed by atoms with E-state index < -0.39 is 0 Å². The molecule has 32 heavy (non-hydrogen) atoms. The third kappa shape index (κ3) is 2.72. The summed E-state index contributed by atoms with van der Waals surface area (Å²) in [6.45, 7) is 2.00. The van der Waals surface area contributed by atoms with Crippen molar-refractivity contribution in [3.63, 3.8) is 0 Å². The van der Waals surface area contributed by atoms with Gasteiger partial charge in [-0.15, -0.1) is 0 Å². The Balaban J connectivity index is 1.49. The molecule has 0 spiro atoms.